The fourth-order valence-electron chi connectivity index (χ4n) is 5.58. The molecule has 2 fully saturated rings. The third-order valence-corrected chi connectivity index (χ3v) is 7.69. The van der Waals surface area contributed by atoms with Gasteiger partial charge in [-0.3, -0.25) is 9.80 Å². The second-order valence-electron chi connectivity index (χ2n) is 10.6. The first-order valence-electron chi connectivity index (χ1n) is 14.6. The molecule has 2 aliphatic heterocycles. The van der Waals surface area contributed by atoms with E-state index in [1.807, 2.05) is 17.0 Å². The van der Waals surface area contributed by atoms with Crippen LogP contribution in [0.1, 0.15) is 35.1 Å². The Kier molecular flexibility index (Phi) is 13.4. The number of piperazine rings is 1. The number of hydrogen-bond donors (Lipinski definition) is 5. The van der Waals surface area contributed by atoms with Crippen molar-refractivity contribution in [1.82, 2.24) is 20.0 Å². The van der Waals surface area contributed by atoms with E-state index in [9.17, 15) is 28.4 Å². The van der Waals surface area contributed by atoms with E-state index in [0.717, 1.165) is 64.3 Å². The molecule has 246 valence electrons. The molecule has 0 spiro atoms. The molecule has 1 aliphatic carbocycles. The molecule has 3 aliphatic rings. The normalized spacial score (nSPS) is 19.5. The fourth-order valence-corrected chi connectivity index (χ4v) is 5.58. The Morgan fingerprint density at radius 3 is 1.70 bits per heavy atom. The summed E-state index contributed by atoms with van der Waals surface area (Å²) in [5, 5.41) is 34.1. The Morgan fingerprint density at radius 2 is 1.22 bits per heavy atom. The second kappa shape index (κ2) is 17.4. The number of halogens is 1. The zero-order valence-electron chi connectivity index (χ0n) is 25.0. The van der Waals surface area contributed by atoms with Gasteiger partial charge in [-0.1, -0.05) is 42.5 Å². The summed E-state index contributed by atoms with van der Waals surface area (Å²) in [6.45, 7) is 7.35. The Labute approximate surface area is 264 Å². The van der Waals surface area contributed by atoms with E-state index in [0.29, 0.717) is 30.3 Å². The average Bonchev–Trinajstić information content (AvgIpc) is 3.62. The number of carboxylic acids is 4. The van der Waals surface area contributed by atoms with Gasteiger partial charge in [-0.2, -0.15) is 0 Å². The lowest BCUT2D eigenvalue weighted by Gasteiger charge is -2.39. The summed E-state index contributed by atoms with van der Waals surface area (Å²) < 4.78 is 14.5. The molecule has 2 saturated heterocycles. The van der Waals surface area contributed by atoms with Gasteiger partial charge in [-0.15, -0.1) is 0 Å². The molecule has 0 unspecified atom stereocenters. The van der Waals surface area contributed by atoms with Crippen LogP contribution < -0.4 is 5.32 Å². The SMILES string of the molecule is O=C(O)/C=C\C(=O)O.O=C(O)/C=C\C(=O)O.O=C1NCCN1CCN1CCN([C@@H]2C[C@@H](c3ccccc3F)c3ccccc32)CC1. The highest BCUT2D eigenvalue weighted by molar-refractivity contribution is 5.90. The van der Waals surface area contributed by atoms with E-state index >= 15 is 0 Å². The van der Waals surface area contributed by atoms with Crippen LogP contribution in [-0.2, 0) is 19.2 Å². The van der Waals surface area contributed by atoms with Gasteiger partial charge in [0.25, 0.3) is 0 Å². The number of fused-ring (bicyclic) bond motifs is 1. The molecule has 13 nitrogen and oxygen atoms in total. The van der Waals surface area contributed by atoms with Crippen LogP contribution >= 0.6 is 0 Å². The van der Waals surface area contributed by atoms with Crippen LogP contribution in [0.5, 0.6) is 0 Å². The number of rotatable bonds is 9. The number of carbonyl (C=O) groups is 5. The summed E-state index contributed by atoms with van der Waals surface area (Å²) in [5.41, 5.74) is 3.44. The van der Waals surface area contributed by atoms with E-state index in [4.69, 9.17) is 20.4 Å². The highest BCUT2D eigenvalue weighted by atomic mass is 19.1. The quantitative estimate of drug-likeness (QED) is 0.253. The number of aliphatic carboxylic acids is 4. The first-order valence-corrected chi connectivity index (χ1v) is 14.6. The van der Waals surface area contributed by atoms with Crippen LogP contribution in [0.15, 0.2) is 72.8 Å². The molecular weight excluding hydrogens is 603 g/mol. The van der Waals surface area contributed by atoms with E-state index in [1.54, 1.807) is 12.1 Å². The summed E-state index contributed by atoms with van der Waals surface area (Å²) in [6.07, 6.45) is 3.17. The average molecular weight is 641 g/mol. The van der Waals surface area contributed by atoms with Crippen molar-refractivity contribution in [2.75, 3.05) is 52.4 Å². The summed E-state index contributed by atoms with van der Waals surface area (Å²) in [4.78, 5) is 56.9. The molecule has 2 heterocycles. The number of nitrogens with zero attached hydrogens (tertiary/aromatic N) is 3. The third kappa shape index (κ3) is 10.8. The summed E-state index contributed by atoms with van der Waals surface area (Å²) in [5.74, 6) is -5.01. The molecule has 2 atom stereocenters. The highest BCUT2D eigenvalue weighted by Gasteiger charge is 2.37. The van der Waals surface area contributed by atoms with Gasteiger partial charge in [0.2, 0.25) is 0 Å². The molecule has 2 amide bonds. The molecule has 46 heavy (non-hydrogen) atoms. The number of amides is 2. The minimum absolute atomic E-state index is 0.0652. The molecule has 0 bridgehead atoms. The monoisotopic (exact) mass is 640 g/mol. The Bertz CT molecular complexity index is 1390. The molecule has 2 aromatic carbocycles. The maximum Gasteiger partial charge on any atom is 0.328 e. The molecule has 2 aromatic rings. The standard InChI is InChI=1S/C24H29FN4O.2C4H4O4/c25-22-8-4-3-6-19(22)21-17-23(20-7-2-1-5-18(20)21)28-14-11-27(12-15-28)13-16-29-10-9-26-24(29)30;2*5-3(6)1-2-4(7)8/h1-8,21,23H,9-17H2,(H,26,30);2*1-2H,(H,5,6)(H,7,8)/b;2*2-1-/t21-,23-;;/m1../s1. The Morgan fingerprint density at radius 1 is 0.717 bits per heavy atom. The number of benzene rings is 2. The van der Waals surface area contributed by atoms with Crippen molar-refractivity contribution >= 4 is 29.9 Å². The lowest BCUT2D eigenvalue weighted by molar-refractivity contribution is -0.134. The molecule has 0 saturated carbocycles. The van der Waals surface area contributed by atoms with Gasteiger partial charge in [0, 0.05) is 88.6 Å². The van der Waals surface area contributed by atoms with Gasteiger partial charge >= 0.3 is 29.9 Å². The lowest BCUT2D eigenvalue weighted by Crippen LogP contribution is -2.49. The maximum atomic E-state index is 14.5. The van der Waals surface area contributed by atoms with Gasteiger partial charge in [-0.25, -0.2) is 28.4 Å². The number of carbonyl (C=O) groups excluding carboxylic acids is 1. The van der Waals surface area contributed by atoms with Crippen LogP contribution in [0.25, 0.3) is 0 Å². The van der Waals surface area contributed by atoms with E-state index in [-0.39, 0.29) is 17.8 Å². The van der Waals surface area contributed by atoms with Crippen LogP contribution in [0.4, 0.5) is 9.18 Å². The molecular formula is C32H37FN4O9. The topological polar surface area (TPSA) is 188 Å². The predicted octanol–water partition coefficient (Wildman–Crippen LogP) is 2.47. The largest absolute Gasteiger partial charge is 0.478 e. The van der Waals surface area contributed by atoms with E-state index in [1.165, 1.54) is 11.1 Å². The van der Waals surface area contributed by atoms with Gasteiger partial charge in [-0.05, 0) is 29.2 Å². The van der Waals surface area contributed by atoms with Crippen molar-refractivity contribution in [3.05, 3.63) is 95.3 Å². The molecule has 0 aromatic heterocycles. The molecule has 0 radical (unpaired) electrons. The van der Waals surface area contributed by atoms with Gasteiger partial charge < -0.3 is 30.6 Å². The predicted molar refractivity (Wildman–Crippen MR) is 164 cm³/mol. The second-order valence-corrected chi connectivity index (χ2v) is 10.6. The van der Waals surface area contributed by atoms with Crippen molar-refractivity contribution in [2.24, 2.45) is 0 Å². The fraction of sp³-hybridized carbons (Fsp3) is 0.344. The number of nitrogens with one attached hydrogen (secondary N) is 1. The van der Waals surface area contributed by atoms with Crippen molar-refractivity contribution < 1.29 is 48.8 Å². The van der Waals surface area contributed by atoms with Crippen molar-refractivity contribution in [3.8, 4) is 0 Å². The summed E-state index contributed by atoms with van der Waals surface area (Å²) >= 11 is 0. The van der Waals surface area contributed by atoms with E-state index < -0.39 is 23.9 Å². The zero-order chi connectivity index (χ0) is 33.6. The minimum atomic E-state index is -1.26. The number of carboxylic acid groups (broad SMARTS) is 4. The van der Waals surface area contributed by atoms with Crippen LogP contribution in [0, 0.1) is 5.82 Å². The summed E-state index contributed by atoms with van der Waals surface area (Å²) in [7, 11) is 0. The number of hydrogen-bond acceptors (Lipinski definition) is 7. The van der Waals surface area contributed by atoms with Gasteiger partial charge in [0.15, 0.2) is 0 Å². The van der Waals surface area contributed by atoms with Crippen molar-refractivity contribution in [2.45, 2.75) is 18.4 Å². The number of urea groups is 1. The minimum Gasteiger partial charge on any atom is -0.478 e. The van der Waals surface area contributed by atoms with Crippen LogP contribution in [-0.4, -0.2) is 117 Å². The first-order chi connectivity index (χ1) is 22.0. The molecule has 5 rings (SSSR count). The van der Waals surface area contributed by atoms with E-state index in [2.05, 4.69) is 39.4 Å². The highest BCUT2D eigenvalue weighted by Crippen LogP contribution is 2.47. The smallest absolute Gasteiger partial charge is 0.328 e. The maximum absolute atomic E-state index is 14.5. The first kappa shape index (κ1) is 35.4. The van der Waals surface area contributed by atoms with Gasteiger partial charge in [0.05, 0.1) is 0 Å². The Balaban J connectivity index is 0.000000299. The molecule has 14 heteroatoms. The van der Waals surface area contributed by atoms with Crippen molar-refractivity contribution in [1.29, 1.82) is 0 Å². The van der Waals surface area contributed by atoms with Gasteiger partial charge in [0.1, 0.15) is 5.82 Å². The third-order valence-electron chi connectivity index (χ3n) is 7.69. The zero-order valence-corrected chi connectivity index (χ0v) is 25.0. The molecule has 5 N–H and O–H groups in total. The lowest BCUT2D eigenvalue weighted by atomic mass is 9.92. The Hall–Kier alpha value is -5.08. The van der Waals surface area contributed by atoms with Crippen LogP contribution in [0.3, 0.4) is 0 Å². The van der Waals surface area contributed by atoms with Crippen molar-refractivity contribution in [3.63, 3.8) is 0 Å². The van der Waals surface area contributed by atoms with Crippen LogP contribution in [0.2, 0.25) is 0 Å². The summed E-state index contributed by atoms with van der Waals surface area (Å²) in [6, 6.07) is 16.2.